The van der Waals surface area contributed by atoms with Crippen LogP contribution in [0.4, 0.5) is 0 Å². The van der Waals surface area contributed by atoms with E-state index < -0.39 is 5.41 Å². The van der Waals surface area contributed by atoms with Crippen LogP contribution in [0.15, 0.2) is 62.0 Å². The van der Waals surface area contributed by atoms with Gasteiger partial charge in [0.25, 0.3) is 0 Å². The average Bonchev–Trinajstić information content (AvgIpc) is 2.82. The number of phenolic OH excluding ortho intramolecular Hbond substituents is 4. The lowest BCUT2D eigenvalue weighted by Crippen LogP contribution is -2.31. The average molecular weight is 563 g/mol. The predicted molar refractivity (Wildman–Crippen MR) is 157 cm³/mol. The Bertz CT molecular complexity index is 1160. The highest BCUT2D eigenvalue weighted by Gasteiger charge is 2.41. The molecule has 8 heteroatoms. The van der Waals surface area contributed by atoms with Gasteiger partial charge in [-0.25, -0.2) is 0 Å². The summed E-state index contributed by atoms with van der Waals surface area (Å²) in [5.41, 5.74) is 1.00. The van der Waals surface area contributed by atoms with Crippen LogP contribution < -0.4 is 0 Å². The lowest BCUT2D eigenvalue weighted by atomic mass is 9.66. The molecule has 0 aromatic heterocycles. The number of thiol groups is 4. The van der Waals surface area contributed by atoms with Crippen molar-refractivity contribution in [2.24, 2.45) is 0 Å². The molecule has 194 valence electrons. The second-order valence-electron chi connectivity index (χ2n) is 9.19. The number of phenols is 4. The van der Waals surface area contributed by atoms with Crippen molar-refractivity contribution < 1.29 is 20.4 Å². The molecule has 4 N–H and O–H groups in total. The van der Waals surface area contributed by atoms with Crippen molar-refractivity contribution in [2.75, 3.05) is 0 Å². The van der Waals surface area contributed by atoms with Gasteiger partial charge < -0.3 is 20.4 Å². The van der Waals surface area contributed by atoms with Crippen LogP contribution >= 0.6 is 50.5 Å². The molecule has 4 nitrogen and oxygen atoms in total. The molecule has 3 aromatic carbocycles. The Morgan fingerprint density at radius 1 is 0.556 bits per heavy atom. The number of unbranched alkanes of at least 4 members (excludes halogenated alkanes) is 6. The van der Waals surface area contributed by atoms with Gasteiger partial charge in [-0.2, -0.15) is 0 Å². The Morgan fingerprint density at radius 2 is 1.06 bits per heavy atom. The molecule has 0 fully saturated rings. The van der Waals surface area contributed by atoms with Gasteiger partial charge in [0.2, 0.25) is 0 Å². The van der Waals surface area contributed by atoms with Crippen LogP contribution in [-0.2, 0) is 5.41 Å². The number of aromatic hydroxyl groups is 4. The first-order valence-corrected chi connectivity index (χ1v) is 13.9. The van der Waals surface area contributed by atoms with E-state index in [9.17, 15) is 20.4 Å². The quantitative estimate of drug-likeness (QED) is 0.0689. The molecule has 0 spiro atoms. The van der Waals surface area contributed by atoms with Gasteiger partial charge in [0.1, 0.15) is 23.0 Å². The highest BCUT2D eigenvalue weighted by Crippen LogP contribution is 2.52. The van der Waals surface area contributed by atoms with E-state index in [-0.39, 0.29) is 23.0 Å². The van der Waals surface area contributed by atoms with Gasteiger partial charge in [0, 0.05) is 31.2 Å². The molecule has 3 aromatic rings. The van der Waals surface area contributed by atoms with Crippen LogP contribution in [-0.4, -0.2) is 20.4 Å². The molecule has 0 radical (unpaired) electrons. The summed E-state index contributed by atoms with van der Waals surface area (Å²) in [6.07, 6.45) is 8.30. The fourth-order valence-corrected chi connectivity index (χ4v) is 6.03. The van der Waals surface area contributed by atoms with Crippen LogP contribution in [0, 0.1) is 0 Å². The molecule has 0 saturated heterocycles. The lowest BCUT2D eigenvalue weighted by Gasteiger charge is -2.38. The fourth-order valence-electron chi connectivity index (χ4n) is 4.88. The second kappa shape index (κ2) is 12.7. The van der Waals surface area contributed by atoms with E-state index in [2.05, 4.69) is 32.2 Å². The molecule has 0 heterocycles. The van der Waals surface area contributed by atoms with E-state index >= 15 is 0 Å². The van der Waals surface area contributed by atoms with E-state index in [0.717, 1.165) is 19.3 Å². The number of hydrogen-bond donors (Lipinski definition) is 8. The van der Waals surface area contributed by atoms with Gasteiger partial charge >= 0.3 is 0 Å². The second-order valence-corrected chi connectivity index (χ2v) is 11.1. The fraction of sp³-hybridized carbons (Fsp3) is 0.357. The smallest absolute Gasteiger partial charge is 0.130 e. The molecule has 0 aliphatic heterocycles. The lowest BCUT2D eigenvalue weighted by molar-refractivity contribution is 0.418. The Balaban J connectivity index is 2.26. The number of rotatable bonds is 11. The van der Waals surface area contributed by atoms with E-state index in [4.69, 9.17) is 25.3 Å². The summed E-state index contributed by atoms with van der Waals surface area (Å²) in [7, 11) is 0. The zero-order valence-corrected chi connectivity index (χ0v) is 23.9. The predicted octanol–water partition coefficient (Wildman–Crippen LogP) is 8.14. The molecular formula is C28H34O4S4. The van der Waals surface area contributed by atoms with E-state index in [1.165, 1.54) is 49.9 Å². The van der Waals surface area contributed by atoms with Crippen molar-refractivity contribution in [3.8, 4) is 23.0 Å². The maximum Gasteiger partial charge on any atom is 0.130 e. The first kappa shape index (κ1) is 28.8. The molecule has 0 amide bonds. The van der Waals surface area contributed by atoms with E-state index in [1.54, 1.807) is 18.2 Å². The summed E-state index contributed by atoms with van der Waals surface area (Å²) in [5, 5.41) is 41.8. The Hall–Kier alpha value is -1.74. The summed E-state index contributed by atoms with van der Waals surface area (Å²) in [4.78, 5) is 1.77. The van der Waals surface area contributed by atoms with E-state index in [1.807, 2.05) is 0 Å². The van der Waals surface area contributed by atoms with Gasteiger partial charge in [-0.15, -0.1) is 50.5 Å². The maximum atomic E-state index is 11.1. The van der Waals surface area contributed by atoms with Gasteiger partial charge in [-0.05, 0) is 47.9 Å². The Labute approximate surface area is 235 Å². The molecule has 0 unspecified atom stereocenters. The maximum absolute atomic E-state index is 11.1. The van der Waals surface area contributed by atoms with Gasteiger partial charge in [-0.1, -0.05) is 57.9 Å². The highest BCUT2D eigenvalue weighted by molar-refractivity contribution is 7.81. The summed E-state index contributed by atoms with van der Waals surface area (Å²) in [5.74, 6) is -0.141. The minimum Gasteiger partial charge on any atom is -0.508 e. The minimum atomic E-state index is -0.980. The minimum absolute atomic E-state index is 0.00137. The third kappa shape index (κ3) is 6.21. The van der Waals surface area contributed by atoms with Crippen molar-refractivity contribution in [1.29, 1.82) is 0 Å². The zero-order valence-electron chi connectivity index (χ0n) is 20.3. The van der Waals surface area contributed by atoms with Gasteiger partial charge in [0.05, 0.1) is 5.41 Å². The van der Waals surface area contributed by atoms with Gasteiger partial charge in [0.15, 0.2) is 0 Å². The van der Waals surface area contributed by atoms with Crippen molar-refractivity contribution >= 4 is 50.5 Å². The molecular weight excluding hydrogens is 529 g/mol. The van der Waals surface area contributed by atoms with Crippen LogP contribution in [0.3, 0.4) is 0 Å². The third-order valence-corrected chi connectivity index (χ3v) is 8.16. The van der Waals surface area contributed by atoms with Crippen LogP contribution in [0.2, 0.25) is 0 Å². The molecule has 0 atom stereocenters. The van der Waals surface area contributed by atoms with Crippen molar-refractivity contribution in [3.63, 3.8) is 0 Å². The molecule has 0 bridgehead atoms. The van der Waals surface area contributed by atoms with Crippen LogP contribution in [0.25, 0.3) is 0 Å². The molecule has 0 aliphatic carbocycles. The van der Waals surface area contributed by atoms with Crippen molar-refractivity contribution in [2.45, 2.75) is 83.3 Å². The van der Waals surface area contributed by atoms with Crippen LogP contribution in [0.5, 0.6) is 23.0 Å². The first-order chi connectivity index (χ1) is 17.1. The molecule has 3 rings (SSSR count). The zero-order chi connectivity index (χ0) is 26.5. The molecule has 0 aliphatic rings. The summed E-state index contributed by atoms with van der Waals surface area (Å²) >= 11 is 18.4. The highest BCUT2D eigenvalue weighted by atomic mass is 32.1. The SMILES string of the molecule is CCCCCCCCCC(c1ccc(O)cc1O)(c1cc(S)c(O)cc1S)c1cc(S)c(O)cc1S. The standard InChI is InChI=1S/C28H34O4S4/c1-2-3-4-5-6-7-8-11-28(18-10-9-17(29)12-21(18)30,19-13-26(35)22(31)15-24(19)33)20-14-27(36)23(32)16-25(20)34/h9-10,12-16,29-36H,2-8,11H2,1H3. The summed E-state index contributed by atoms with van der Waals surface area (Å²) in [6.45, 7) is 2.20. The number of benzene rings is 3. The van der Waals surface area contributed by atoms with Crippen molar-refractivity contribution in [3.05, 3.63) is 59.2 Å². The topological polar surface area (TPSA) is 80.9 Å². The largest absolute Gasteiger partial charge is 0.508 e. The van der Waals surface area contributed by atoms with E-state index in [0.29, 0.717) is 42.7 Å². The molecule has 0 saturated carbocycles. The first-order valence-electron chi connectivity index (χ1n) is 12.1. The third-order valence-electron chi connectivity index (χ3n) is 6.70. The number of hydrogen-bond acceptors (Lipinski definition) is 8. The van der Waals surface area contributed by atoms with Crippen molar-refractivity contribution in [1.82, 2.24) is 0 Å². The summed E-state index contributed by atoms with van der Waals surface area (Å²) < 4.78 is 0. The molecule has 36 heavy (non-hydrogen) atoms. The monoisotopic (exact) mass is 562 g/mol. The normalized spacial score (nSPS) is 11.7. The van der Waals surface area contributed by atoms with Crippen LogP contribution in [0.1, 0.15) is 75.0 Å². The van der Waals surface area contributed by atoms with Gasteiger partial charge in [-0.3, -0.25) is 0 Å². The Morgan fingerprint density at radius 3 is 1.56 bits per heavy atom. The Kier molecular flexibility index (Phi) is 10.1. The summed E-state index contributed by atoms with van der Waals surface area (Å²) in [6, 6.07) is 11.1.